The van der Waals surface area contributed by atoms with Gasteiger partial charge in [0.05, 0.1) is 6.54 Å². The first-order valence-electron chi connectivity index (χ1n) is 11.4. The zero-order valence-corrected chi connectivity index (χ0v) is 19.7. The number of rotatable bonds is 7. The Hall–Kier alpha value is -3.94. The Morgan fingerprint density at radius 1 is 0.971 bits per heavy atom. The predicted octanol–water partition coefficient (Wildman–Crippen LogP) is 2.54. The van der Waals surface area contributed by atoms with E-state index in [0.29, 0.717) is 13.1 Å². The van der Waals surface area contributed by atoms with Crippen molar-refractivity contribution in [3.05, 3.63) is 88.7 Å². The fourth-order valence-electron chi connectivity index (χ4n) is 3.97. The minimum absolute atomic E-state index is 0.149. The Balaban J connectivity index is 1.45. The van der Waals surface area contributed by atoms with E-state index in [1.165, 1.54) is 21.2 Å². The van der Waals surface area contributed by atoms with E-state index >= 15 is 0 Å². The SMILES string of the molecule is CCc1ccc(CNC(=O)c2cc3n(n2)C[C@@](C)(C(=O)NCc2ccccc2)N(C)C3=O)cc1. The first kappa shape index (κ1) is 23.2. The number of nitrogens with one attached hydrogen (secondary N) is 2. The quantitative estimate of drug-likeness (QED) is 0.568. The molecule has 8 heteroatoms. The van der Waals surface area contributed by atoms with Crippen molar-refractivity contribution in [2.75, 3.05) is 7.05 Å². The van der Waals surface area contributed by atoms with E-state index in [1.54, 1.807) is 14.0 Å². The lowest BCUT2D eigenvalue weighted by Crippen LogP contribution is -2.62. The molecule has 0 radical (unpaired) electrons. The minimum atomic E-state index is -1.14. The topological polar surface area (TPSA) is 96.3 Å². The van der Waals surface area contributed by atoms with Crippen LogP contribution in [0.3, 0.4) is 0 Å². The molecular weight excluding hydrogens is 430 g/mol. The summed E-state index contributed by atoms with van der Waals surface area (Å²) in [5, 5.41) is 10.1. The number of carbonyl (C=O) groups is 3. The third-order valence-corrected chi connectivity index (χ3v) is 6.40. The van der Waals surface area contributed by atoms with Crippen LogP contribution in [0.25, 0.3) is 0 Å². The molecule has 0 saturated carbocycles. The average molecular weight is 460 g/mol. The molecule has 0 saturated heterocycles. The highest BCUT2D eigenvalue weighted by Crippen LogP contribution is 2.26. The molecule has 1 aromatic heterocycles. The lowest BCUT2D eigenvalue weighted by Gasteiger charge is -2.40. The van der Waals surface area contributed by atoms with Gasteiger partial charge in [0.2, 0.25) is 5.91 Å². The molecule has 3 aromatic rings. The molecule has 2 N–H and O–H groups in total. The number of aryl methyl sites for hydroxylation is 1. The van der Waals surface area contributed by atoms with Crippen LogP contribution in [0.15, 0.2) is 60.7 Å². The second kappa shape index (κ2) is 9.51. The standard InChI is InChI=1S/C26H29N5O3/c1-4-18-10-12-20(13-11-18)15-27-23(32)21-14-22-24(33)30(3)26(2,17-31(22)29-21)25(34)28-16-19-8-6-5-7-9-19/h5-14H,4,15-17H2,1-3H3,(H,27,32)(H,28,34)/t26-/m0/s1. The lowest BCUT2D eigenvalue weighted by atomic mass is 9.96. The minimum Gasteiger partial charge on any atom is -0.350 e. The van der Waals surface area contributed by atoms with Gasteiger partial charge in [-0.25, -0.2) is 0 Å². The summed E-state index contributed by atoms with van der Waals surface area (Å²) in [5.41, 5.74) is 2.47. The third-order valence-electron chi connectivity index (χ3n) is 6.40. The molecular formula is C26H29N5O3. The van der Waals surface area contributed by atoms with Crippen molar-refractivity contribution >= 4 is 17.7 Å². The van der Waals surface area contributed by atoms with E-state index in [0.717, 1.165) is 17.5 Å². The maximum atomic E-state index is 13.1. The number of nitrogens with zero attached hydrogens (tertiary/aromatic N) is 3. The highest BCUT2D eigenvalue weighted by molar-refractivity contribution is 6.01. The molecule has 34 heavy (non-hydrogen) atoms. The molecule has 0 bridgehead atoms. The number of fused-ring (bicyclic) bond motifs is 1. The van der Waals surface area contributed by atoms with Crippen LogP contribution in [-0.2, 0) is 30.8 Å². The summed E-state index contributed by atoms with van der Waals surface area (Å²) in [6, 6.07) is 19.1. The molecule has 1 aliphatic heterocycles. The molecule has 0 fully saturated rings. The second-order valence-electron chi connectivity index (χ2n) is 8.73. The second-order valence-corrected chi connectivity index (χ2v) is 8.73. The van der Waals surface area contributed by atoms with Gasteiger partial charge in [0.15, 0.2) is 5.69 Å². The van der Waals surface area contributed by atoms with Crippen molar-refractivity contribution < 1.29 is 14.4 Å². The zero-order valence-electron chi connectivity index (χ0n) is 19.7. The normalized spacial score (nSPS) is 17.3. The Kier molecular flexibility index (Phi) is 6.49. The molecule has 1 atom stereocenters. The summed E-state index contributed by atoms with van der Waals surface area (Å²) in [6.07, 6.45) is 0.957. The lowest BCUT2D eigenvalue weighted by molar-refractivity contribution is -0.132. The highest BCUT2D eigenvalue weighted by atomic mass is 16.2. The van der Waals surface area contributed by atoms with E-state index in [4.69, 9.17) is 0 Å². The molecule has 0 spiro atoms. The molecule has 2 aromatic carbocycles. The first-order chi connectivity index (χ1) is 16.3. The third kappa shape index (κ3) is 4.57. The van der Waals surface area contributed by atoms with Crippen LogP contribution in [0.5, 0.6) is 0 Å². The van der Waals surface area contributed by atoms with Crippen LogP contribution >= 0.6 is 0 Å². The van der Waals surface area contributed by atoms with Crippen molar-refractivity contribution in [3.8, 4) is 0 Å². The van der Waals surface area contributed by atoms with E-state index in [1.807, 2.05) is 54.6 Å². The number of likely N-dealkylation sites (N-methyl/N-ethyl adjacent to an activating group) is 1. The molecule has 2 heterocycles. The molecule has 4 rings (SSSR count). The van der Waals surface area contributed by atoms with Gasteiger partial charge in [-0.3, -0.25) is 19.1 Å². The molecule has 0 unspecified atom stereocenters. The number of aromatic nitrogens is 2. The Bertz CT molecular complexity index is 1200. The van der Waals surface area contributed by atoms with Gasteiger partial charge in [0.25, 0.3) is 11.8 Å². The van der Waals surface area contributed by atoms with Crippen molar-refractivity contribution in [1.29, 1.82) is 0 Å². The molecule has 8 nitrogen and oxygen atoms in total. The molecule has 176 valence electrons. The smallest absolute Gasteiger partial charge is 0.272 e. The Labute approximate surface area is 199 Å². The van der Waals surface area contributed by atoms with Gasteiger partial charge in [-0.15, -0.1) is 0 Å². The summed E-state index contributed by atoms with van der Waals surface area (Å²) < 4.78 is 1.45. The molecule has 1 aliphatic rings. The van der Waals surface area contributed by atoms with Gasteiger partial charge in [-0.1, -0.05) is 61.5 Å². The van der Waals surface area contributed by atoms with Crippen LogP contribution in [-0.4, -0.2) is 45.0 Å². The number of amides is 3. The fourth-order valence-corrected chi connectivity index (χ4v) is 3.97. The van der Waals surface area contributed by atoms with Crippen molar-refractivity contribution in [2.45, 2.75) is 45.4 Å². The number of hydrogen-bond acceptors (Lipinski definition) is 4. The van der Waals surface area contributed by atoms with Crippen molar-refractivity contribution in [1.82, 2.24) is 25.3 Å². The van der Waals surface area contributed by atoms with Crippen LogP contribution in [0.2, 0.25) is 0 Å². The van der Waals surface area contributed by atoms with E-state index in [9.17, 15) is 14.4 Å². The maximum Gasteiger partial charge on any atom is 0.272 e. The van der Waals surface area contributed by atoms with Crippen LogP contribution in [0.4, 0.5) is 0 Å². The van der Waals surface area contributed by atoms with Gasteiger partial charge in [0.1, 0.15) is 11.2 Å². The van der Waals surface area contributed by atoms with E-state index in [-0.39, 0.29) is 35.7 Å². The summed E-state index contributed by atoms with van der Waals surface area (Å²) in [6.45, 7) is 4.66. The Morgan fingerprint density at radius 2 is 1.59 bits per heavy atom. The van der Waals surface area contributed by atoms with Gasteiger partial charge >= 0.3 is 0 Å². The van der Waals surface area contributed by atoms with Gasteiger partial charge in [-0.2, -0.15) is 5.10 Å². The number of hydrogen-bond donors (Lipinski definition) is 2. The van der Waals surface area contributed by atoms with Crippen LogP contribution in [0.1, 0.15) is 51.5 Å². The summed E-state index contributed by atoms with van der Waals surface area (Å²) >= 11 is 0. The van der Waals surface area contributed by atoms with E-state index < -0.39 is 5.54 Å². The highest BCUT2D eigenvalue weighted by Gasteiger charge is 2.46. The van der Waals surface area contributed by atoms with Crippen molar-refractivity contribution in [3.63, 3.8) is 0 Å². The largest absolute Gasteiger partial charge is 0.350 e. The van der Waals surface area contributed by atoms with Gasteiger partial charge in [-0.05, 0) is 30.0 Å². The number of benzene rings is 2. The van der Waals surface area contributed by atoms with Crippen molar-refractivity contribution in [2.24, 2.45) is 0 Å². The van der Waals surface area contributed by atoms with E-state index in [2.05, 4.69) is 22.7 Å². The van der Waals surface area contributed by atoms with Gasteiger partial charge in [0, 0.05) is 26.2 Å². The fraction of sp³-hybridized carbons (Fsp3) is 0.308. The average Bonchev–Trinajstić information content (AvgIpc) is 3.29. The van der Waals surface area contributed by atoms with Gasteiger partial charge < -0.3 is 15.5 Å². The number of carbonyl (C=O) groups excluding carboxylic acids is 3. The summed E-state index contributed by atoms with van der Waals surface area (Å²) in [7, 11) is 1.60. The Morgan fingerprint density at radius 3 is 2.26 bits per heavy atom. The summed E-state index contributed by atoms with van der Waals surface area (Å²) in [4.78, 5) is 40.2. The molecule has 3 amide bonds. The predicted molar refractivity (Wildman–Crippen MR) is 128 cm³/mol. The summed E-state index contributed by atoms with van der Waals surface area (Å²) in [5.74, 6) is -1.01. The van der Waals surface area contributed by atoms with Crippen LogP contribution < -0.4 is 10.6 Å². The first-order valence-corrected chi connectivity index (χ1v) is 11.4. The monoisotopic (exact) mass is 459 g/mol. The zero-order chi connectivity index (χ0) is 24.3. The maximum absolute atomic E-state index is 13.1. The molecule has 0 aliphatic carbocycles. The van der Waals surface area contributed by atoms with Crippen LogP contribution in [0, 0.1) is 0 Å².